The fourth-order valence-electron chi connectivity index (χ4n) is 1.66. The molecule has 0 heterocycles. The Bertz CT molecular complexity index is 394. The van der Waals surface area contributed by atoms with Gasteiger partial charge in [-0.25, -0.2) is 4.79 Å². The molecule has 0 saturated carbocycles. The van der Waals surface area contributed by atoms with Gasteiger partial charge in [0.1, 0.15) is 5.75 Å². The molecule has 4 heteroatoms. The van der Waals surface area contributed by atoms with Gasteiger partial charge in [0.2, 0.25) is 10.5 Å². The Kier molecular flexibility index (Phi) is 3.75. The highest BCUT2D eigenvalue weighted by Crippen LogP contribution is 2.34. The van der Waals surface area contributed by atoms with Crippen molar-refractivity contribution in [3.05, 3.63) is 29.3 Å². The molecule has 1 aromatic carbocycles. The molecule has 1 radical (unpaired) electrons. The van der Waals surface area contributed by atoms with Crippen LogP contribution in [-0.4, -0.2) is 23.6 Å². The van der Waals surface area contributed by atoms with Crippen LogP contribution < -0.4 is 4.43 Å². The number of methoxy groups -OCH3 is 1. The smallest absolute Gasteiger partial charge is 0.338 e. The van der Waals surface area contributed by atoms with Gasteiger partial charge in [-0.1, -0.05) is 20.8 Å². The zero-order valence-electron chi connectivity index (χ0n) is 10.4. The van der Waals surface area contributed by atoms with E-state index in [0.29, 0.717) is 21.8 Å². The van der Waals surface area contributed by atoms with E-state index in [1.807, 2.05) is 20.8 Å². The van der Waals surface area contributed by atoms with Crippen molar-refractivity contribution in [2.24, 2.45) is 0 Å². The van der Waals surface area contributed by atoms with E-state index in [-0.39, 0.29) is 11.4 Å². The van der Waals surface area contributed by atoms with Crippen LogP contribution in [0.25, 0.3) is 0 Å². The Morgan fingerprint density at radius 3 is 2.50 bits per heavy atom. The van der Waals surface area contributed by atoms with Gasteiger partial charge in [-0.15, -0.1) is 0 Å². The first kappa shape index (κ1) is 12.8. The molecule has 0 amide bonds. The SMILES string of the molecule is COC(=O)c1cc[c]c(O[SiH3])c1C(C)(C)C. The molecule has 0 N–H and O–H groups in total. The van der Waals surface area contributed by atoms with E-state index < -0.39 is 0 Å². The third-order valence-electron chi connectivity index (χ3n) is 2.32. The van der Waals surface area contributed by atoms with Gasteiger partial charge in [-0.05, 0) is 17.5 Å². The van der Waals surface area contributed by atoms with Gasteiger partial charge in [-0.2, -0.15) is 0 Å². The average Bonchev–Trinajstić information content (AvgIpc) is 2.25. The van der Waals surface area contributed by atoms with E-state index in [1.165, 1.54) is 7.11 Å². The van der Waals surface area contributed by atoms with Crippen LogP contribution in [0.4, 0.5) is 0 Å². The predicted molar refractivity (Wildman–Crippen MR) is 65.9 cm³/mol. The molecule has 0 aromatic heterocycles. The molecular formula is C12H17O3Si. The third kappa shape index (κ3) is 2.44. The summed E-state index contributed by atoms with van der Waals surface area (Å²) in [5.74, 6) is 0.320. The number of esters is 1. The second-order valence-corrected chi connectivity index (χ2v) is 4.95. The first-order valence-corrected chi connectivity index (χ1v) is 5.91. The molecule has 0 aliphatic rings. The Morgan fingerprint density at radius 1 is 1.44 bits per heavy atom. The minimum Gasteiger partial charge on any atom is -0.553 e. The normalized spacial score (nSPS) is 11.2. The largest absolute Gasteiger partial charge is 0.553 e. The number of hydrogen-bond acceptors (Lipinski definition) is 3. The highest BCUT2D eigenvalue weighted by Gasteiger charge is 2.25. The summed E-state index contributed by atoms with van der Waals surface area (Å²) in [4.78, 5) is 11.7. The second-order valence-electron chi connectivity index (χ2n) is 4.54. The topological polar surface area (TPSA) is 35.5 Å². The number of rotatable bonds is 2. The summed E-state index contributed by atoms with van der Waals surface area (Å²) in [7, 11) is 1.95. The van der Waals surface area contributed by atoms with Crippen LogP contribution in [0.3, 0.4) is 0 Å². The average molecular weight is 237 g/mol. The lowest BCUT2D eigenvalue weighted by Crippen LogP contribution is -2.19. The highest BCUT2D eigenvalue weighted by atomic mass is 28.2. The lowest BCUT2D eigenvalue weighted by atomic mass is 9.83. The van der Waals surface area contributed by atoms with Crippen LogP contribution in [0.1, 0.15) is 36.7 Å². The fraction of sp³-hybridized carbons (Fsp3) is 0.417. The Balaban J connectivity index is 3.44. The van der Waals surface area contributed by atoms with E-state index in [1.54, 1.807) is 12.1 Å². The Morgan fingerprint density at radius 2 is 2.06 bits per heavy atom. The van der Waals surface area contributed by atoms with Crippen molar-refractivity contribution in [3.8, 4) is 5.75 Å². The van der Waals surface area contributed by atoms with Crippen molar-refractivity contribution in [2.45, 2.75) is 26.2 Å². The molecule has 1 rings (SSSR count). The van der Waals surface area contributed by atoms with Gasteiger partial charge in [-0.3, -0.25) is 0 Å². The van der Waals surface area contributed by atoms with Crippen LogP contribution in [0.15, 0.2) is 12.1 Å². The summed E-state index contributed by atoms with van der Waals surface area (Å²) in [6, 6.07) is 6.43. The van der Waals surface area contributed by atoms with Gasteiger partial charge in [0.25, 0.3) is 0 Å². The molecular weight excluding hydrogens is 220 g/mol. The molecule has 0 fully saturated rings. The first-order chi connectivity index (χ1) is 7.41. The third-order valence-corrected chi connectivity index (χ3v) is 2.73. The number of carbonyl (C=O) groups is 1. The number of carbonyl (C=O) groups excluding carboxylic acids is 1. The van der Waals surface area contributed by atoms with E-state index in [0.717, 1.165) is 5.56 Å². The summed E-state index contributed by atoms with van der Waals surface area (Å²) in [6.45, 7) is 6.10. The highest BCUT2D eigenvalue weighted by molar-refractivity contribution is 6.00. The Labute approximate surface area is 99.3 Å². The van der Waals surface area contributed by atoms with Crippen molar-refractivity contribution in [1.29, 1.82) is 0 Å². The minimum atomic E-state index is -0.334. The zero-order chi connectivity index (χ0) is 12.3. The van der Waals surface area contributed by atoms with Crippen molar-refractivity contribution in [1.82, 2.24) is 0 Å². The lowest BCUT2D eigenvalue weighted by molar-refractivity contribution is 0.0597. The lowest BCUT2D eigenvalue weighted by Gasteiger charge is -2.24. The van der Waals surface area contributed by atoms with Crippen LogP contribution in [0, 0.1) is 6.07 Å². The van der Waals surface area contributed by atoms with Gasteiger partial charge in [0, 0.05) is 11.6 Å². The monoisotopic (exact) mass is 237 g/mol. The maximum Gasteiger partial charge on any atom is 0.338 e. The molecule has 3 nitrogen and oxygen atoms in total. The van der Waals surface area contributed by atoms with Crippen molar-refractivity contribution in [2.75, 3.05) is 7.11 Å². The zero-order valence-corrected chi connectivity index (χ0v) is 12.4. The summed E-state index contributed by atoms with van der Waals surface area (Å²) in [6.07, 6.45) is 0. The minimum absolute atomic E-state index is 0.180. The molecule has 87 valence electrons. The number of ether oxygens (including phenoxy) is 1. The van der Waals surface area contributed by atoms with E-state index >= 15 is 0 Å². The Hall–Kier alpha value is -1.29. The van der Waals surface area contributed by atoms with Gasteiger partial charge in [0.15, 0.2) is 0 Å². The summed E-state index contributed by atoms with van der Waals surface area (Å²) >= 11 is 0. The first-order valence-electron chi connectivity index (χ1n) is 5.09. The van der Waals surface area contributed by atoms with Crippen molar-refractivity contribution >= 4 is 16.5 Å². The molecule has 0 unspecified atom stereocenters. The number of hydrogen-bond donors (Lipinski definition) is 0. The number of benzene rings is 1. The van der Waals surface area contributed by atoms with E-state index in [9.17, 15) is 4.79 Å². The summed E-state index contributed by atoms with van der Waals surface area (Å²) < 4.78 is 10.2. The van der Waals surface area contributed by atoms with E-state index in [4.69, 9.17) is 9.16 Å². The van der Waals surface area contributed by atoms with Gasteiger partial charge in [0.05, 0.1) is 12.7 Å². The molecule has 1 aromatic rings. The maximum absolute atomic E-state index is 11.7. The van der Waals surface area contributed by atoms with Crippen LogP contribution >= 0.6 is 0 Å². The van der Waals surface area contributed by atoms with Crippen LogP contribution in [0.5, 0.6) is 5.75 Å². The molecule has 16 heavy (non-hydrogen) atoms. The fourth-order valence-corrected chi connectivity index (χ4v) is 1.99. The molecule has 0 spiro atoms. The van der Waals surface area contributed by atoms with E-state index in [2.05, 4.69) is 6.07 Å². The second kappa shape index (κ2) is 4.70. The quantitative estimate of drug-likeness (QED) is 0.573. The summed E-state index contributed by atoms with van der Waals surface area (Å²) in [5.41, 5.74) is 1.23. The molecule has 0 aliphatic heterocycles. The molecule has 0 bridgehead atoms. The van der Waals surface area contributed by atoms with Crippen LogP contribution in [0.2, 0.25) is 0 Å². The molecule has 0 aliphatic carbocycles. The standard InChI is InChI=1S/C12H17O3Si/c1-12(2,3)10-8(11(13)14-4)6-5-7-9(10)15-16/h5-6H,1-4,16H3. The van der Waals surface area contributed by atoms with Crippen molar-refractivity contribution in [3.63, 3.8) is 0 Å². The predicted octanol–water partition coefficient (Wildman–Crippen LogP) is 1.23. The van der Waals surface area contributed by atoms with Crippen molar-refractivity contribution < 1.29 is 14.0 Å². The molecule has 0 saturated heterocycles. The summed E-state index contributed by atoms with van der Waals surface area (Å²) in [5, 5.41) is 0. The molecule has 0 atom stereocenters. The maximum atomic E-state index is 11.7. The van der Waals surface area contributed by atoms with Gasteiger partial charge < -0.3 is 9.16 Å². The van der Waals surface area contributed by atoms with Gasteiger partial charge >= 0.3 is 5.97 Å². The van der Waals surface area contributed by atoms with Crippen LogP contribution in [-0.2, 0) is 10.2 Å².